The highest BCUT2D eigenvalue weighted by molar-refractivity contribution is 5.88. The van der Waals surface area contributed by atoms with Crippen molar-refractivity contribution in [2.75, 3.05) is 50.6 Å². The molecule has 0 unspecified atom stereocenters. The molecule has 0 saturated carbocycles. The first-order valence-corrected chi connectivity index (χ1v) is 15.8. The third-order valence-corrected chi connectivity index (χ3v) is 8.48. The number of rotatable bonds is 9. The van der Waals surface area contributed by atoms with Crippen molar-refractivity contribution in [1.29, 1.82) is 0 Å². The number of nitrogens with one attached hydrogen (secondary N) is 2. The van der Waals surface area contributed by atoms with E-state index in [-0.39, 0.29) is 29.7 Å². The van der Waals surface area contributed by atoms with Crippen LogP contribution in [0.2, 0.25) is 0 Å². The minimum atomic E-state index is -0.322. The lowest BCUT2D eigenvalue weighted by Gasteiger charge is -2.33. The summed E-state index contributed by atoms with van der Waals surface area (Å²) in [7, 11) is 4.12. The zero-order valence-corrected chi connectivity index (χ0v) is 26.8. The summed E-state index contributed by atoms with van der Waals surface area (Å²) in [5, 5.41) is 18.9. The second kappa shape index (κ2) is 13.1. The largest absolute Gasteiger partial charge is 0.484 e. The predicted molar refractivity (Wildman–Crippen MR) is 172 cm³/mol. The molecule has 240 valence electrons. The number of benzene rings is 1. The van der Waals surface area contributed by atoms with Crippen molar-refractivity contribution in [2.24, 2.45) is 0 Å². The molecule has 45 heavy (non-hydrogen) atoms. The van der Waals surface area contributed by atoms with E-state index in [0.717, 1.165) is 80.4 Å². The van der Waals surface area contributed by atoms with Crippen molar-refractivity contribution in [3.8, 4) is 5.75 Å². The Bertz CT molecular complexity index is 1600. The Labute approximate surface area is 264 Å². The van der Waals surface area contributed by atoms with Gasteiger partial charge in [0.1, 0.15) is 17.6 Å². The van der Waals surface area contributed by atoms with E-state index in [9.17, 15) is 4.79 Å². The summed E-state index contributed by atoms with van der Waals surface area (Å²) in [6, 6.07) is 13.3. The molecule has 0 radical (unpaired) electrons. The Hall–Kier alpha value is -4.16. The van der Waals surface area contributed by atoms with E-state index in [0.29, 0.717) is 11.6 Å². The standard InChI is InChI=1S/C33H44N8O4/c1-33(2,3)28-20-29(38-45-28)35-31(42)34-26-11-12-27(25-9-7-6-8-24(25)26)44-23-10-13-30-36-37-32(41(30)21-23)40-16-14-22(15-17-40)43-19-18-39(4)5/h6-10,13,20-22,26-27H,11-12,14-19H2,1-5H3,(H2,34,35,38,42)/t26-,27+/m0/s1. The van der Waals surface area contributed by atoms with Crippen molar-refractivity contribution in [3.05, 3.63) is 65.5 Å². The number of fused-ring (bicyclic) bond motifs is 2. The van der Waals surface area contributed by atoms with Crippen molar-refractivity contribution < 1.29 is 18.8 Å². The van der Waals surface area contributed by atoms with Gasteiger partial charge < -0.3 is 29.1 Å². The number of urea groups is 1. The van der Waals surface area contributed by atoms with Crippen LogP contribution >= 0.6 is 0 Å². The van der Waals surface area contributed by atoms with Gasteiger partial charge in [0.25, 0.3) is 0 Å². The minimum Gasteiger partial charge on any atom is -0.484 e. The van der Waals surface area contributed by atoms with Gasteiger partial charge in [-0.3, -0.25) is 9.72 Å². The molecular weight excluding hydrogens is 572 g/mol. The fourth-order valence-electron chi connectivity index (χ4n) is 5.95. The van der Waals surface area contributed by atoms with E-state index in [1.807, 2.05) is 55.6 Å². The average molecular weight is 617 g/mol. The van der Waals surface area contributed by atoms with Gasteiger partial charge in [-0.15, -0.1) is 10.2 Å². The SMILES string of the molecule is CN(C)CCOC1CCN(c2nnc3ccc(O[C@@H]4CC[C@H](NC(=O)Nc5cc(C(C)(C)C)on5)c5ccccc54)cn23)CC1. The van der Waals surface area contributed by atoms with Gasteiger partial charge in [0, 0.05) is 31.1 Å². The predicted octanol–water partition coefficient (Wildman–Crippen LogP) is 5.34. The summed E-state index contributed by atoms with van der Waals surface area (Å²) in [5.41, 5.74) is 2.69. The van der Waals surface area contributed by atoms with Crippen molar-refractivity contribution in [2.45, 2.75) is 70.1 Å². The quantitative estimate of drug-likeness (QED) is 0.257. The summed E-state index contributed by atoms with van der Waals surface area (Å²) in [5.74, 6) is 2.67. The number of hydrogen-bond acceptors (Lipinski definition) is 9. The first kappa shape index (κ1) is 30.8. The zero-order valence-electron chi connectivity index (χ0n) is 26.8. The highest BCUT2D eigenvalue weighted by Crippen LogP contribution is 2.39. The van der Waals surface area contributed by atoms with Gasteiger partial charge in [-0.1, -0.05) is 50.2 Å². The monoisotopic (exact) mass is 616 g/mol. The molecule has 1 aliphatic heterocycles. The maximum Gasteiger partial charge on any atom is 0.320 e. The van der Waals surface area contributed by atoms with Crippen LogP contribution in [0.15, 0.2) is 53.2 Å². The van der Waals surface area contributed by atoms with E-state index in [4.69, 9.17) is 14.0 Å². The first-order chi connectivity index (χ1) is 21.6. The van der Waals surface area contributed by atoms with Gasteiger partial charge in [0.15, 0.2) is 11.5 Å². The molecule has 2 N–H and O–H groups in total. The third-order valence-electron chi connectivity index (χ3n) is 8.48. The molecule has 1 fully saturated rings. The summed E-state index contributed by atoms with van der Waals surface area (Å²) in [6.07, 6.45) is 5.50. The van der Waals surface area contributed by atoms with Crippen LogP contribution in [0, 0.1) is 0 Å². The molecule has 0 spiro atoms. The Morgan fingerprint density at radius 1 is 1.04 bits per heavy atom. The fraction of sp³-hybridized carbons (Fsp3) is 0.515. The number of hydrogen-bond donors (Lipinski definition) is 2. The maximum absolute atomic E-state index is 12.9. The van der Waals surface area contributed by atoms with E-state index in [1.54, 1.807) is 6.07 Å². The van der Waals surface area contributed by atoms with E-state index < -0.39 is 0 Å². The van der Waals surface area contributed by atoms with Crippen LogP contribution in [0.25, 0.3) is 5.65 Å². The highest BCUT2D eigenvalue weighted by atomic mass is 16.5. The number of piperidine rings is 1. The molecule has 4 heterocycles. The lowest BCUT2D eigenvalue weighted by Crippen LogP contribution is -2.38. The van der Waals surface area contributed by atoms with Gasteiger partial charge >= 0.3 is 6.03 Å². The molecule has 12 nitrogen and oxygen atoms in total. The Morgan fingerprint density at radius 2 is 1.82 bits per heavy atom. The minimum absolute atomic E-state index is 0.153. The molecule has 1 saturated heterocycles. The molecule has 2 aliphatic rings. The van der Waals surface area contributed by atoms with Gasteiger partial charge in [-0.05, 0) is 63.0 Å². The molecule has 6 rings (SSSR count). The second-order valence-electron chi connectivity index (χ2n) is 13.2. The van der Waals surface area contributed by atoms with Crippen LogP contribution in [0.4, 0.5) is 16.6 Å². The molecule has 1 aromatic carbocycles. The van der Waals surface area contributed by atoms with Crippen LogP contribution in [-0.2, 0) is 10.2 Å². The van der Waals surface area contributed by atoms with Crippen molar-refractivity contribution >= 4 is 23.4 Å². The Balaban J connectivity index is 1.10. The van der Waals surface area contributed by atoms with E-state index >= 15 is 0 Å². The lowest BCUT2D eigenvalue weighted by molar-refractivity contribution is 0.0292. The smallest absolute Gasteiger partial charge is 0.320 e. The number of carbonyl (C=O) groups is 1. The number of anilines is 2. The maximum atomic E-state index is 12.9. The molecule has 3 aromatic heterocycles. The van der Waals surface area contributed by atoms with Crippen LogP contribution in [0.1, 0.15) is 75.5 Å². The third kappa shape index (κ3) is 7.23. The van der Waals surface area contributed by atoms with E-state index in [1.165, 1.54) is 0 Å². The average Bonchev–Trinajstić information content (AvgIpc) is 3.66. The topological polar surface area (TPSA) is 122 Å². The van der Waals surface area contributed by atoms with Crippen LogP contribution in [-0.4, -0.2) is 77.1 Å². The van der Waals surface area contributed by atoms with Crippen LogP contribution in [0.3, 0.4) is 0 Å². The number of aromatic nitrogens is 4. The number of nitrogens with zero attached hydrogens (tertiary/aromatic N) is 6. The summed E-state index contributed by atoms with van der Waals surface area (Å²) in [4.78, 5) is 17.3. The number of carbonyl (C=O) groups excluding carboxylic acids is 1. The normalized spacial score (nSPS) is 19.1. The fourth-order valence-corrected chi connectivity index (χ4v) is 5.95. The van der Waals surface area contributed by atoms with Gasteiger partial charge in [0.2, 0.25) is 5.95 Å². The van der Waals surface area contributed by atoms with Gasteiger partial charge in [-0.25, -0.2) is 4.79 Å². The number of pyridine rings is 1. The molecular formula is C33H44N8O4. The number of ether oxygens (including phenoxy) is 2. The molecule has 12 heteroatoms. The van der Waals surface area contributed by atoms with Crippen LogP contribution < -0.4 is 20.3 Å². The zero-order chi connectivity index (χ0) is 31.6. The molecule has 0 bridgehead atoms. The lowest BCUT2D eigenvalue weighted by atomic mass is 9.85. The van der Waals surface area contributed by atoms with Gasteiger partial charge in [0.05, 0.1) is 24.9 Å². The first-order valence-electron chi connectivity index (χ1n) is 15.8. The number of amides is 2. The summed E-state index contributed by atoms with van der Waals surface area (Å²) >= 11 is 0. The van der Waals surface area contributed by atoms with Crippen molar-refractivity contribution in [1.82, 2.24) is 30.0 Å². The molecule has 2 atom stereocenters. The molecule has 1 aliphatic carbocycles. The van der Waals surface area contributed by atoms with Gasteiger partial charge in [-0.2, -0.15) is 0 Å². The Morgan fingerprint density at radius 3 is 2.56 bits per heavy atom. The highest BCUT2D eigenvalue weighted by Gasteiger charge is 2.30. The molecule has 2 amide bonds. The van der Waals surface area contributed by atoms with E-state index in [2.05, 4.69) is 62.0 Å². The Kier molecular flexibility index (Phi) is 8.95. The summed E-state index contributed by atoms with van der Waals surface area (Å²) < 4.78 is 20.1. The molecule has 4 aromatic rings. The second-order valence-corrected chi connectivity index (χ2v) is 13.2. The number of likely N-dealkylation sites (N-methyl/N-ethyl adjacent to an activating group) is 1. The van der Waals surface area contributed by atoms with Crippen LogP contribution in [0.5, 0.6) is 5.75 Å². The summed E-state index contributed by atoms with van der Waals surface area (Å²) in [6.45, 7) is 9.51. The van der Waals surface area contributed by atoms with Crippen molar-refractivity contribution in [3.63, 3.8) is 0 Å².